The van der Waals surface area contributed by atoms with Gasteiger partial charge < -0.3 is 22.3 Å². The SMILES string of the molecule is CCN=C1S/C(=C\C(=O)Nc2cccc(Cl)c2)C(=O)N1CC.[Br-]. The Kier molecular flexibility index (Phi) is 7.81. The van der Waals surface area contributed by atoms with Crippen LogP contribution < -0.4 is 22.3 Å². The minimum atomic E-state index is -0.369. The molecular formula is C15H16BrClN3O2S-. The van der Waals surface area contributed by atoms with Crippen LogP contribution in [0.25, 0.3) is 0 Å². The zero-order chi connectivity index (χ0) is 16.1. The first-order chi connectivity index (χ1) is 10.5. The van der Waals surface area contributed by atoms with Gasteiger partial charge in [0.15, 0.2) is 5.17 Å². The number of benzene rings is 1. The molecule has 1 aromatic rings. The van der Waals surface area contributed by atoms with E-state index >= 15 is 0 Å². The Hall–Kier alpha value is -1.31. The standard InChI is InChI=1S/C15H16ClN3O2S.BrH/c1-3-17-15-19(4-2)14(21)12(22-15)9-13(20)18-11-7-5-6-10(16)8-11;/h5-9H,3-4H2,1-2H3,(H,18,20);1H/p-1/b12-9-,17-15?;. The second kappa shape index (κ2) is 9.10. The van der Waals surface area contributed by atoms with Crippen molar-refractivity contribution in [2.24, 2.45) is 4.99 Å². The van der Waals surface area contributed by atoms with Crippen LogP contribution in [0.15, 0.2) is 40.2 Å². The summed E-state index contributed by atoms with van der Waals surface area (Å²) >= 11 is 7.08. The molecule has 1 aliphatic rings. The van der Waals surface area contributed by atoms with Crippen LogP contribution in [0.2, 0.25) is 5.02 Å². The average molecular weight is 418 g/mol. The van der Waals surface area contributed by atoms with Gasteiger partial charge in [-0.1, -0.05) is 17.7 Å². The van der Waals surface area contributed by atoms with Gasteiger partial charge in [0, 0.05) is 29.9 Å². The number of carbonyl (C=O) groups excluding carboxylic acids is 2. The number of nitrogens with one attached hydrogen (secondary N) is 1. The van der Waals surface area contributed by atoms with E-state index in [1.165, 1.54) is 17.8 Å². The fraction of sp³-hybridized carbons (Fsp3) is 0.267. The summed E-state index contributed by atoms with van der Waals surface area (Å²) < 4.78 is 0. The van der Waals surface area contributed by atoms with E-state index in [1.807, 2.05) is 13.8 Å². The highest BCUT2D eigenvalue weighted by Gasteiger charge is 2.32. The van der Waals surface area contributed by atoms with Crippen molar-refractivity contribution in [3.8, 4) is 0 Å². The molecule has 0 unspecified atom stereocenters. The van der Waals surface area contributed by atoms with Crippen molar-refractivity contribution < 1.29 is 26.6 Å². The molecule has 0 aromatic heterocycles. The van der Waals surface area contributed by atoms with Crippen molar-refractivity contribution >= 4 is 46.0 Å². The Balaban J connectivity index is 0.00000264. The van der Waals surface area contributed by atoms with Gasteiger partial charge >= 0.3 is 0 Å². The maximum Gasteiger partial charge on any atom is 0.266 e. The summed E-state index contributed by atoms with van der Waals surface area (Å²) in [5, 5.41) is 3.86. The van der Waals surface area contributed by atoms with Gasteiger partial charge in [-0.25, -0.2) is 0 Å². The molecule has 1 saturated heterocycles. The van der Waals surface area contributed by atoms with E-state index in [2.05, 4.69) is 10.3 Å². The monoisotopic (exact) mass is 416 g/mol. The van der Waals surface area contributed by atoms with E-state index in [4.69, 9.17) is 11.6 Å². The lowest BCUT2D eigenvalue weighted by atomic mass is 10.3. The first kappa shape index (κ1) is 19.7. The predicted octanol–water partition coefficient (Wildman–Crippen LogP) is 0.138. The summed E-state index contributed by atoms with van der Waals surface area (Å²) in [4.78, 5) is 30.5. The van der Waals surface area contributed by atoms with Gasteiger partial charge in [-0.2, -0.15) is 0 Å². The highest BCUT2D eigenvalue weighted by molar-refractivity contribution is 8.18. The smallest absolute Gasteiger partial charge is 0.266 e. The summed E-state index contributed by atoms with van der Waals surface area (Å²) in [6.45, 7) is 4.89. The molecule has 1 aliphatic heterocycles. The van der Waals surface area contributed by atoms with E-state index in [0.29, 0.717) is 33.9 Å². The summed E-state index contributed by atoms with van der Waals surface area (Å²) in [6.07, 6.45) is 1.30. The molecule has 1 heterocycles. The van der Waals surface area contributed by atoms with E-state index < -0.39 is 0 Å². The number of hydrogen-bond donors (Lipinski definition) is 1. The third kappa shape index (κ3) is 5.09. The summed E-state index contributed by atoms with van der Waals surface area (Å²) in [5.74, 6) is -0.562. The second-order valence-corrected chi connectivity index (χ2v) is 5.86. The molecule has 0 radical (unpaired) electrons. The number of rotatable bonds is 4. The third-order valence-electron chi connectivity index (χ3n) is 2.85. The van der Waals surface area contributed by atoms with Gasteiger partial charge in [-0.3, -0.25) is 19.5 Å². The van der Waals surface area contributed by atoms with Crippen LogP contribution in [0.3, 0.4) is 0 Å². The molecule has 0 spiro atoms. The van der Waals surface area contributed by atoms with Crippen LogP contribution in [0.5, 0.6) is 0 Å². The van der Waals surface area contributed by atoms with Gasteiger partial charge in [-0.15, -0.1) is 0 Å². The molecule has 23 heavy (non-hydrogen) atoms. The Bertz CT molecular complexity index is 664. The van der Waals surface area contributed by atoms with Gasteiger partial charge in [-0.05, 0) is 43.8 Å². The largest absolute Gasteiger partial charge is 1.00 e. The van der Waals surface area contributed by atoms with Crippen LogP contribution in [0.4, 0.5) is 5.69 Å². The van der Waals surface area contributed by atoms with E-state index in [-0.39, 0.29) is 28.8 Å². The molecule has 0 bridgehead atoms. The van der Waals surface area contributed by atoms with Crippen molar-refractivity contribution in [2.75, 3.05) is 18.4 Å². The van der Waals surface area contributed by atoms with Crippen LogP contribution in [-0.4, -0.2) is 35.0 Å². The molecule has 1 N–H and O–H groups in total. The predicted molar refractivity (Wildman–Crippen MR) is 91.1 cm³/mol. The number of carbonyl (C=O) groups is 2. The minimum absolute atomic E-state index is 0. The van der Waals surface area contributed by atoms with Crippen molar-refractivity contribution in [3.63, 3.8) is 0 Å². The number of anilines is 1. The molecular weight excluding hydrogens is 402 g/mol. The number of amidine groups is 1. The number of nitrogens with zero attached hydrogens (tertiary/aromatic N) is 2. The molecule has 1 fully saturated rings. The first-order valence-corrected chi connectivity index (χ1v) is 8.07. The quantitative estimate of drug-likeness (QED) is 0.709. The Morgan fingerprint density at radius 2 is 2.17 bits per heavy atom. The summed E-state index contributed by atoms with van der Waals surface area (Å²) in [5.41, 5.74) is 0.583. The van der Waals surface area contributed by atoms with E-state index in [1.54, 1.807) is 29.2 Å². The summed E-state index contributed by atoms with van der Waals surface area (Å²) in [7, 11) is 0. The average Bonchev–Trinajstić information content (AvgIpc) is 2.75. The first-order valence-electron chi connectivity index (χ1n) is 6.87. The lowest BCUT2D eigenvalue weighted by Crippen LogP contribution is -3.00. The molecule has 2 amide bonds. The van der Waals surface area contributed by atoms with Crippen molar-refractivity contribution in [2.45, 2.75) is 13.8 Å². The second-order valence-electron chi connectivity index (χ2n) is 4.42. The van der Waals surface area contributed by atoms with Crippen molar-refractivity contribution in [3.05, 3.63) is 40.3 Å². The molecule has 0 aliphatic carbocycles. The molecule has 8 heteroatoms. The molecule has 2 rings (SSSR count). The number of likely N-dealkylation sites (N-methyl/N-ethyl adjacent to an activating group) is 1. The van der Waals surface area contributed by atoms with Gasteiger partial charge in [0.2, 0.25) is 5.91 Å². The zero-order valence-corrected chi connectivity index (χ0v) is 15.8. The van der Waals surface area contributed by atoms with Gasteiger partial charge in [0.1, 0.15) is 0 Å². The number of thioether (sulfide) groups is 1. The van der Waals surface area contributed by atoms with Crippen molar-refractivity contribution in [1.82, 2.24) is 4.90 Å². The maximum atomic E-state index is 12.2. The molecule has 0 atom stereocenters. The highest BCUT2D eigenvalue weighted by atomic mass is 79.9. The van der Waals surface area contributed by atoms with E-state index in [0.717, 1.165) is 0 Å². The lowest BCUT2D eigenvalue weighted by Gasteiger charge is -2.11. The van der Waals surface area contributed by atoms with Crippen LogP contribution in [0.1, 0.15) is 13.8 Å². The summed E-state index contributed by atoms with van der Waals surface area (Å²) in [6, 6.07) is 6.84. The van der Waals surface area contributed by atoms with Gasteiger partial charge in [0.25, 0.3) is 5.91 Å². The van der Waals surface area contributed by atoms with Crippen molar-refractivity contribution in [1.29, 1.82) is 0 Å². The number of hydrogen-bond acceptors (Lipinski definition) is 4. The third-order valence-corrected chi connectivity index (χ3v) is 4.13. The van der Waals surface area contributed by atoms with E-state index in [9.17, 15) is 9.59 Å². The molecule has 1 aromatic carbocycles. The number of aliphatic imine (C=N–C) groups is 1. The fourth-order valence-corrected chi connectivity index (χ4v) is 3.17. The Labute approximate surface area is 154 Å². The van der Waals surface area contributed by atoms with Crippen LogP contribution in [0, 0.1) is 0 Å². The topological polar surface area (TPSA) is 61.8 Å². The molecule has 5 nitrogen and oxygen atoms in total. The minimum Gasteiger partial charge on any atom is -1.00 e. The molecule has 124 valence electrons. The van der Waals surface area contributed by atoms with Gasteiger partial charge in [0.05, 0.1) is 4.91 Å². The number of halogens is 2. The Morgan fingerprint density at radius 3 is 2.78 bits per heavy atom. The highest BCUT2D eigenvalue weighted by Crippen LogP contribution is 2.30. The molecule has 0 saturated carbocycles. The maximum absolute atomic E-state index is 12.2. The Morgan fingerprint density at radius 1 is 1.43 bits per heavy atom. The fourth-order valence-electron chi connectivity index (χ4n) is 1.90. The van der Waals surface area contributed by atoms with Crippen LogP contribution >= 0.6 is 23.4 Å². The zero-order valence-electron chi connectivity index (χ0n) is 12.7. The number of amides is 2. The lowest BCUT2D eigenvalue weighted by molar-refractivity contribution is -0.122. The normalized spacial score (nSPS) is 17.5. The van der Waals surface area contributed by atoms with Crippen LogP contribution in [-0.2, 0) is 9.59 Å².